The Bertz CT molecular complexity index is 255. The molecule has 0 aliphatic carbocycles. The number of nitrogens with one attached hydrogen (secondary N) is 1. The van der Waals surface area contributed by atoms with Crippen LogP contribution >= 0.6 is 0 Å². The highest BCUT2D eigenvalue weighted by atomic mass is 16.2. The number of rotatable bonds is 4. The quantitative estimate of drug-likeness (QED) is 0.640. The molecule has 5 heteroatoms. The standard InChI is InChI=1S/C10H19N3O2/c1-7(5-12-2)10(15)13-4-3-8(6-13)9(11)14/h7-8,12H,3-6H2,1-2H3,(H2,11,14). The summed E-state index contributed by atoms with van der Waals surface area (Å²) in [5, 5.41) is 2.97. The van der Waals surface area contributed by atoms with Crippen molar-refractivity contribution in [2.75, 3.05) is 26.7 Å². The van der Waals surface area contributed by atoms with Gasteiger partial charge in [0.1, 0.15) is 0 Å². The molecule has 3 N–H and O–H groups in total. The van der Waals surface area contributed by atoms with Gasteiger partial charge in [0.15, 0.2) is 0 Å². The van der Waals surface area contributed by atoms with Crippen molar-refractivity contribution in [3.05, 3.63) is 0 Å². The molecule has 1 aliphatic rings. The van der Waals surface area contributed by atoms with E-state index < -0.39 is 0 Å². The van der Waals surface area contributed by atoms with Gasteiger partial charge in [0.25, 0.3) is 0 Å². The molecule has 1 saturated heterocycles. The molecule has 2 atom stereocenters. The van der Waals surface area contributed by atoms with E-state index in [1.54, 1.807) is 4.90 Å². The predicted octanol–water partition coefficient (Wildman–Crippen LogP) is -0.824. The molecule has 0 saturated carbocycles. The molecule has 0 bridgehead atoms. The zero-order valence-electron chi connectivity index (χ0n) is 9.32. The van der Waals surface area contributed by atoms with E-state index >= 15 is 0 Å². The van der Waals surface area contributed by atoms with Gasteiger partial charge in [-0.05, 0) is 13.5 Å². The second-order valence-electron chi connectivity index (χ2n) is 4.13. The van der Waals surface area contributed by atoms with Gasteiger partial charge in [-0.25, -0.2) is 0 Å². The summed E-state index contributed by atoms with van der Waals surface area (Å²) >= 11 is 0. The Morgan fingerprint density at radius 2 is 2.27 bits per heavy atom. The molecule has 5 nitrogen and oxygen atoms in total. The van der Waals surface area contributed by atoms with Gasteiger partial charge >= 0.3 is 0 Å². The first kappa shape index (κ1) is 12.0. The maximum Gasteiger partial charge on any atom is 0.226 e. The lowest BCUT2D eigenvalue weighted by Gasteiger charge is -2.20. The van der Waals surface area contributed by atoms with E-state index in [0.29, 0.717) is 26.1 Å². The Labute approximate surface area is 90.0 Å². The maximum absolute atomic E-state index is 11.8. The fourth-order valence-electron chi connectivity index (χ4n) is 1.90. The first-order valence-electron chi connectivity index (χ1n) is 5.29. The zero-order chi connectivity index (χ0) is 11.4. The summed E-state index contributed by atoms with van der Waals surface area (Å²) in [5.41, 5.74) is 5.21. The lowest BCUT2D eigenvalue weighted by atomic mass is 10.1. The van der Waals surface area contributed by atoms with Gasteiger partial charge in [-0.15, -0.1) is 0 Å². The van der Waals surface area contributed by atoms with E-state index in [4.69, 9.17) is 5.73 Å². The number of primary amides is 1. The molecule has 0 radical (unpaired) electrons. The number of carbonyl (C=O) groups excluding carboxylic acids is 2. The van der Waals surface area contributed by atoms with E-state index in [1.807, 2.05) is 14.0 Å². The maximum atomic E-state index is 11.8. The van der Waals surface area contributed by atoms with Gasteiger partial charge in [-0.2, -0.15) is 0 Å². The Kier molecular flexibility index (Phi) is 4.08. The minimum Gasteiger partial charge on any atom is -0.369 e. The third kappa shape index (κ3) is 2.92. The first-order valence-corrected chi connectivity index (χ1v) is 5.29. The van der Waals surface area contributed by atoms with Gasteiger partial charge in [0.05, 0.1) is 5.92 Å². The van der Waals surface area contributed by atoms with E-state index in [2.05, 4.69) is 5.32 Å². The van der Waals surface area contributed by atoms with E-state index in [-0.39, 0.29) is 23.7 Å². The largest absolute Gasteiger partial charge is 0.369 e. The molecule has 0 aromatic rings. The Hall–Kier alpha value is -1.10. The predicted molar refractivity (Wildman–Crippen MR) is 57.0 cm³/mol. The molecular formula is C10H19N3O2. The van der Waals surface area contributed by atoms with Crippen LogP contribution in [0.25, 0.3) is 0 Å². The average molecular weight is 213 g/mol. The number of amides is 2. The van der Waals surface area contributed by atoms with Crippen molar-refractivity contribution in [1.29, 1.82) is 0 Å². The molecule has 1 aliphatic heterocycles. The third-order valence-electron chi connectivity index (χ3n) is 2.83. The Morgan fingerprint density at radius 3 is 2.73 bits per heavy atom. The molecule has 86 valence electrons. The summed E-state index contributed by atoms with van der Waals surface area (Å²) in [6.07, 6.45) is 0.702. The normalized spacial score (nSPS) is 22.8. The second kappa shape index (κ2) is 5.11. The molecule has 1 rings (SSSR count). The second-order valence-corrected chi connectivity index (χ2v) is 4.13. The van der Waals surface area contributed by atoms with E-state index in [9.17, 15) is 9.59 Å². The van der Waals surface area contributed by atoms with E-state index in [1.165, 1.54) is 0 Å². The first-order chi connectivity index (χ1) is 7.06. The molecule has 15 heavy (non-hydrogen) atoms. The van der Waals surface area contributed by atoms with Crippen LogP contribution in [-0.2, 0) is 9.59 Å². The van der Waals surface area contributed by atoms with Crippen LogP contribution < -0.4 is 11.1 Å². The van der Waals surface area contributed by atoms with Gasteiger partial charge in [0.2, 0.25) is 11.8 Å². The highest BCUT2D eigenvalue weighted by Gasteiger charge is 2.31. The monoisotopic (exact) mass is 213 g/mol. The Morgan fingerprint density at radius 1 is 1.60 bits per heavy atom. The minimum atomic E-state index is -0.299. The van der Waals surface area contributed by atoms with Crippen molar-refractivity contribution >= 4 is 11.8 Å². The third-order valence-corrected chi connectivity index (χ3v) is 2.83. The summed E-state index contributed by atoms with van der Waals surface area (Å²) in [7, 11) is 1.82. The van der Waals surface area contributed by atoms with Gasteiger partial charge in [-0.3, -0.25) is 9.59 Å². The summed E-state index contributed by atoms with van der Waals surface area (Å²) in [4.78, 5) is 24.5. The molecule has 1 heterocycles. The molecule has 0 aromatic carbocycles. The van der Waals surface area contributed by atoms with Crippen LogP contribution in [0.5, 0.6) is 0 Å². The van der Waals surface area contributed by atoms with Crippen LogP contribution in [0.15, 0.2) is 0 Å². The van der Waals surface area contributed by atoms with Crippen molar-refractivity contribution in [2.45, 2.75) is 13.3 Å². The molecule has 1 fully saturated rings. The summed E-state index contributed by atoms with van der Waals surface area (Å²) < 4.78 is 0. The number of nitrogens with zero attached hydrogens (tertiary/aromatic N) is 1. The average Bonchev–Trinajstić information content (AvgIpc) is 2.65. The molecule has 0 aromatic heterocycles. The topological polar surface area (TPSA) is 75.4 Å². The molecule has 2 unspecified atom stereocenters. The molecule has 0 spiro atoms. The number of likely N-dealkylation sites (tertiary alicyclic amines) is 1. The van der Waals surface area contributed by atoms with Crippen molar-refractivity contribution in [3.8, 4) is 0 Å². The SMILES string of the molecule is CNCC(C)C(=O)N1CCC(C(N)=O)C1. The van der Waals surface area contributed by atoms with Crippen LogP contribution in [0.1, 0.15) is 13.3 Å². The lowest BCUT2D eigenvalue weighted by Crippen LogP contribution is -2.38. The fraction of sp³-hybridized carbons (Fsp3) is 0.800. The van der Waals surface area contributed by atoms with Crippen LogP contribution in [0.4, 0.5) is 0 Å². The summed E-state index contributed by atoms with van der Waals surface area (Å²) in [6, 6.07) is 0. The van der Waals surface area contributed by atoms with Crippen LogP contribution in [-0.4, -0.2) is 43.4 Å². The molecular weight excluding hydrogens is 194 g/mol. The van der Waals surface area contributed by atoms with Gasteiger partial charge in [-0.1, -0.05) is 6.92 Å². The summed E-state index contributed by atoms with van der Waals surface area (Å²) in [5.74, 6) is -0.392. The Balaban J connectivity index is 2.46. The number of hydrogen-bond acceptors (Lipinski definition) is 3. The van der Waals surface area contributed by atoms with Crippen LogP contribution in [0.2, 0.25) is 0 Å². The number of nitrogens with two attached hydrogens (primary N) is 1. The lowest BCUT2D eigenvalue weighted by molar-refractivity contribution is -0.134. The van der Waals surface area contributed by atoms with Crippen molar-refractivity contribution < 1.29 is 9.59 Å². The van der Waals surface area contributed by atoms with E-state index in [0.717, 1.165) is 0 Å². The number of hydrogen-bond donors (Lipinski definition) is 2. The fourth-order valence-corrected chi connectivity index (χ4v) is 1.90. The van der Waals surface area contributed by atoms with Crippen molar-refractivity contribution in [3.63, 3.8) is 0 Å². The van der Waals surface area contributed by atoms with Crippen molar-refractivity contribution in [2.24, 2.45) is 17.6 Å². The van der Waals surface area contributed by atoms with Crippen LogP contribution in [0.3, 0.4) is 0 Å². The highest BCUT2D eigenvalue weighted by Crippen LogP contribution is 2.17. The molecule has 2 amide bonds. The minimum absolute atomic E-state index is 0.0402. The zero-order valence-corrected chi connectivity index (χ0v) is 9.32. The smallest absolute Gasteiger partial charge is 0.226 e. The number of carbonyl (C=O) groups is 2. The highest BCUT2D eigenvalue weighted by molar-refractivity contribution is 5.82. The summed E-state index contributed by atoms with van der Waals surface area (Å²) in [6.45, 7) is 3.69. The van der Waals surface area contributed by atoms with Gasteiger partial charge in [0, 0.05) is 25.6 Å². The van der Waals surface area contributed by atoms with Crippen molar-refractivity contribution in [1.82, 2.24) is 10.2 Å². The van der Waals surface area contributed by atoms with Crippen LogP contribution in [0, 0.1) is 11.8 Å². The van der Waals surface area contributed by atoms with Gasteiger partial charge < -0.3 is 16.0 Å².